The van der Waals surface area contributed by atoms with E-state index in [1.165, 1.54) is 32.1 Å². The van der Waals surface area contributed by atoms with Crippen molar-refractivity contribution in [2.24, 2.45) is 11.0 Å². The minimum Gasteiger partial charge on any atom is -0.507 e. The minimum absolute atomic E-state index is 0.205. The Bertz CT molecular complexity index is 1010. The SMILES string of the molecule is Oc1ccc2ccccc2c1/C=N/n1c(CCC2CCCCC2)n[nH]c1=S. The molecule has 2 aromatic carbocycles. The summed E-state index contributed by atoms with van der Waals surface area (Å²) < 4.78 is 2.16. The van der Waals surface area contributed by atoms with E-state index in [0.29, 0.717) is 10.3 Å². The van der Waals surface area contributed by atoms with E-state index >= 15 is 0 Å². The minimum atomic E-state index is 0.205. The molecule has 0 spiro atoms. The van der Waals surface area contributed by atoms with E-state index in [-0.39, 0.29) is 5.75 Å². The first-order valence-electron chi connectivity index (χ1n) is 9.64. The summed E-state index contributed by atoms with van der Waals surface area (Å²) >= 11 is 5.36. The van der Waals surface area contributed by atoms with Gasteiger partial charge >= 0.3 is 0 Å². The summed E-state index contributed by atoms with van der Waals surface area (Å²) in [4.78, 5) is 0. The normalized spacial score (nSPS) is 15.7. The van der Waals surface area contributed by atoms with Crippen LogP contribution >= 0.6 is 12.2 Å². The van der Waals surface area contributed by atoms with E-state index in [4.69, 9.17) is 12.2 Å². The first kappa shape index (κ1) is 17.9. The summed E-state index contributed by atoms with van der Waals surface area (Å²) in [5.41, 5.74) is 0.689. The maximum atomic E-state index is 10.3. The van der Waals surface area contributed by atoms with Gasteiger partial charge in [-0.2, -0.15) is 14.9 Å². The van der Waals surface area contributed by atoms with Crippen molar-refractivity contribution < 1.29 is 5.11 Å². The Balaban J connectivity index is 1.59. The number of aromatic amines is 1. The predicted octanol–water partition coefficient (Wildman–Crippen LogP) is 5.19. The lowest BCUT2D eigenvalue weighted by Crippen LogP contribution is -2.09. The zero-order chi connectivity index (χ0) is 18.6. The molecule has 0 atom stereocenters. The van der Waals surface area contributed by atoms with E-state index in [2.05, 4.69) is 15.3 Å². The fraction of sp³-hybridized carbons (Fsp3) is 0.381. The van der Waals surface area contributed by atoms with Gasteiger partial charge in [-0.25, -0.2) is 0 Å². The molecule has 6 heteroatoms. The fourth-order valence-corrected chi connectivity index (χ4v) is 4.15. The second kappa shape index (κ2) is 8.05. The van der Waals surface area contributed by atoms with Crippen LogP contribution in [0.3, 0.4) is 0 Å². The molecule has 2 N–H and O–H groups in total. The number of phenolic OH excluding ortho intramolecular Hbond substituents is 1. The average Bonchev–Trinajstić information content (AvgIpc) is 3.06. The molecule has 0 saturated heterocycles. The largest absolute Gasteiger partial charge is 0.507 e. The van der Waals surface area contributed by atoms with E-state index in [1.54, 1.807) is 17.0 Å². The van der Waals surface area contributed by atoms with Crippen molar-refractivity contribution in [1.82, 2.24) is 14.9 Å². The van der Waals surface area contributed by atoms with Crippen molar-refractivity contribution in [3.8, 4) is 5.75 Å². The number of aryl methyl sites for hydroxylation is 1. The van der Waals surface area contributed by atoms with Gasteiger partial charge in [-0.1, -0.05) is 62.4 Å². The molecule has 1 saturated carbocycles. The van der Waals surface area contributed by atoms with Crippen molar-refractivity contribution in [1.29, 1.82) is 0 Å². The quantitative estimate of drug-likeness (QED) is 0.472. The van der Waals surface area contributed by atoms with Crippen LogP contribution in [0.4, 0.5) is 0 Å². The zero-order valence-electron chi connectivity index (χ0n) is 15.3. The first-order chi connectivity index (χ1) is 13.2. The molecule has 27 heavy (non-hydrogen) atoms. The molecule has 1 heterocycles. The van der Waals surface area contributed by atoms with Crippen molar-refractivity contribution >= 4 is 29.2 Å². The number of phenols is 1. The van der Waals surface area contributed by atoms with Crippen LogP contribution in [0, 0.1) is 10.7 Å². The van der Waals surface area contributed by atoms with E-state index in [0.717, 1.165) is 35.4 Å². The molecule has 0 aliphatic heterocycles. The summed E-state index contributed by atoms with van der Waals surface area (Å²) in [6.07, 6.45) is 10.3. The van der Waals surface area contributed by atoms with Gasteiger partial charge in [0.25, 0.3) is 0 Å². The first-order valence-corrected chi connectivity index (χ1v) is 10.0. The standard InChI is InChI=1S/C21H24N4OS/c26-19-12-11-16-8-4-5-9-17(16)18(19)14-22-25-20(23-24-21(25)27)13-10-15-6-2-1-3-7-15/h4-5,8-9,11-12,14-15,26H,1-3,6-7,10,13H2,(H,24,27)/b22-14+. The van der Waals surface area contributed by atoms with Gasteiger partial charge in [0.1, 0.15) is 5.75 Å². The van der Waals surface area contributed by atoms with Crippen LogP contribution in [0.25, 0.3) is 10.8 Å². The predicted molar refractivity (Wildman–Crippen MR) is 111 cm³/mol. The molecule has 0 radical (unpaired) electrons. The number of aromatic hydroxyl groups is 1. The summed E-state index contributed by atoms with van der Waals surface area (Å²) in [5, 5.41) is 24.1. The molecule has 1 fully saturated rings. The van der Waals surface area contributed by atoms with E-state index in [9.17, 15) is 5.11 Å². The van der Waals surface area contributed by atoms with Gasteiger partial charge in [-0.15, -0.1) is 0 Å². The number of aromatic nitrogens is 3. The summed E-state index contributed by atoms with van der Waals surface area (Å²) in [5.74, 6) is 1.83. The molecule has 1 aromatic heterocycles. The highest BCUT2D eigenvalue weighted by Crippen LogP contribution is 2.28. The summed E-state index contributed by atoms with van der Waals surface area (Å²) in [7, 11) is 0. The number of benzene rings is 2. The summed E-state index contributed by atoms with van der Waals surface area (Å²) in [6, 6.07) is 11.5. The van der Waals surface area contributed by atoms with Gasteiger partial charge in [0.05, 0.1) is 6.21 Å². The van der Waals surface area contributed by atoms with Crippen molar-refractivity contribution in [2.75, 3.05) is 0 Å². The number of rotatable bonds is 5. The van der Waals surface area contributed by atoms with Gasteiger partial charge in [0, 0.05) is 12.0 Å². The fourth-order valence-electron chi connectivity index (χ4n) is 3.95. The lowest BCUT2D eigenvalue weighted by atomic mass is 9.86. The molecule has 140 valence electrons. The van der Waals surface area contributed by atoms with Crippen molar-refractivity contribution in [2.45, 2.75) is 44.9 Å². The van der Waals surface area contributed by atoms with Crippen molar-refractivity contribution in [3.63, 3.8) is 0 Å². The van der Waals surface area contributed by atoms with Gasteiger partial charge in [0.15, 0.2) is 5.82 Å². The maximum Gasteiger partial charge on any atom is 0.216 e. The number of nitrogens with zero attached hydrogens (tertiary/aromatic N) is 3. The monoisotopic (exact) mass is 380 g/mol. The number of fused-ring (bicyclic) bond motifs is 1. The van der Waals surface area contributed by atoms with Crippen LogP contribution in [-0.2, 0) is 6.42 Å². The Hall–Kier alpha value is -2.47. The molecule has 4 rings (SSSR count). The van der Waals surface area contributed by atoms with Crippen LogP contribution in [0.15, 0.2) is 41.5 Å². The molecule has 3 aromatic rings. The van der Waals surface area contributed by atoms with E-state index in [1.807, 2.05) is 30.3 Å². The van der Waals surface area contributed by atoms with Crippen LogP contribution in [0.2, 0.25) is 0 Å². The van der Waals surface area contributed by atoms with E-state index < -0.39 is 0 Å². The van der Waals surface area contributed by atoms with Crippen LogP contribution < -0.4 is 0 Å². The highest BCUT2D eigenvalue weighted by Gasteiger charge is 2.15. The zero-order valence-corrected chi connectivity index (χ0v) is 16.1. The second-order valence-electron chi connectivity index (χ2n) is 7.26. The molecule has 5 nitrogen and oxygen atoms in total. The summed E-state index contributed by atoms with van der Waals surface area (Å²) in [6.45, 7) is 0. The van der Waals surface area contributed by atoms with Crippen LogP contribution in [0.5, 0.6) is 5.75 Å². The third kappa shape index (κ3) is 3.95. The number of hydrogen-bond acceptors (Lipinski definition) is 4. The number of hydrogen-bond donors (Lipinski definition) is 2. The Kier molecular flexibility index (Phi) is 5.34. The topological polar surface area (TPSA) is 66.2 Å². The van der Waals surface area contributed by atoms with Gasteiger partial charge in [-0.05, 0) is 41.4 Å². The highest BCUT2D eigenvalue weighted by atomic mass is 32.1. The van der Waals surface area contributed by atoms with Gasteiger partial charge in [-0.3, -0.25) is 5.10 Å². The van der Waals surface area contributed by atoms with Crippen LogP contribution in [-0.4, -0.2) is 26.2 Å². The Labute approximate surface area is 163 Å². The van der Waals surface area contributed by atoms with Gasteiger partial charge < -0.3 is 5.11 Å². The number of nitrogens with one attached hydrogen (secondary N) is 1. The molecular weight excluding hydrogens is 356 g/mol. The van der Waals surface area contributed by atoms with Crippen LogP contribution in [0.1, 0.15) is 49.9 Å². The molecule has 1 aliphatic carbocycles. The molecule has 0 amide bonds. The number of H-pyrrole nitrogens is 1. The molecule has 1 aliphatic rings. The lowest BCUT2D eigenvalue weighted by molar-refractivity contribution is 0.336. The Morgan fingerprint density at radius 3 is 2.85 bits per heavy atom. The maximum absolute atomic E-state index is 10.3. The molecule has 0 unspecified atom stereocenters. The molecular formula is C21H24N4OS. The lowest BCUT2D eigenvalue weighted by Gasteiger charge is -2.20. The third-order valence-electron chi connectivity index (χ3n) is 5.47. The van der Waals surface area contributed by atoms with Gasteiger partial charge in [0.2, 0.25) is 4.77 Å². The Morgan fingerprint density at radius 2 is 2.00 bits per heavy atom. The highest BCUT2D eigenvalue weighted by molar-refractivity contribution is 7.71. The second-order valence-corrected chi connectivity index (χ2v) is 7.65. The Morgan fingerprint density at radius 1 is 1.19 bits per heavy atom. The molecule has 0 bridgehead atoms. The average molecular weight is 381 g/mol. The van der Waals surface area contributed by atoms with Crippen molar-refractivity contribution in [3.05, 3.63) is 52.6 Å². The third-order valence-corrected chi connectivity index (χ3v) is 5.73. The smallest absolute Gasteiger partial charge is 0.216 e.